The number of aromatic nitrogens is 6. The Balaban J connectivity index is 0.000000242. The number of carbonyl (C=O) groups is 4. The highest BCUT2D eigenvalue weighted by Crippen LogP contribution is 2.42. The summed E-state index contributed by atoms with van der Waals surface area (Å²) in [6, 6.07) is 11.5. The lowest BCUT2D eigenvalue weighted by molar-refractivity contribution is -0.169. The lowest BCUT2D eigenvalue weighted by atomic mass is 9.87. The Morgan fingerprint density at radius 2 is 1.12 bits per heavy atom. The molecule has 454 valence electrons. The van der Waals surface area contributed by atoms with Crippen molar-refractivity contribution in [2.24, 2.45) is 11.8 Å². The zero-order valence-corrected chi connectivity index (χ0v) is 51.6. The highest BCUT2D eigenvalue weighted by molar-refractivity contribution is 9.10. The van der Waals surface area contributed by atoms with E-state index < -0.39 is 67.8 Å². The second kappa shape index (κ2) is 27.5. The monoisotopic (exact) mass is 1310 g/mol. The minimum Gasteiger partial charge on any atom is -0.452 e. The van der Waals surface area contributed by atoms with E-state index in [1.54, 1.807) is 42.6 Å². The Kier molecular flexibility index (Phi) is 22.5. The Labute approximate surface area is 516 Å². The fourth-order valence-electron chi connectivity index (χ4n) is 9.37. The third-order valence-electron chi connectivity index (χ3n) is 14.6. The minimum atomic E-state index is -4.48. The van der Waals surface area contributed by atoms with Crippen molar-refractivity contribution >= 4 is 141 Å². The van der Waals surface area contributed by atoms with Gasteiger partial charge in [0.1, 0.15) is 23.0 Å². The van der Waals surface area contributed by atoms with E-state index in [0.717, 1.165) is 24.9 Å². The first-order chi connectivity index (χ1) is 37.8. The summed E-state index contributed by atoms with van der Waals surface area (Å²) in [6.07, 6.45) is -0.0728. The Hall–Kier alpha value is -6.06. The molecule has 20 nitrogen and oxygen atoms in total. The van der Waals surface area contributed by atoms with Crippen LogP contribution in [0.15, 0.2) is 99.4 Å². The molecule has 5 aliphatic heterocycles. The molecule has 0 radical (unpaired) electrons. The van der Waals surface area contributed by atoms with E-state index in [2.05, 4.69) is 61.4 Å². The van der Waals surface area contributed by atoms with E-state index in [0.29, 0.717) is 66.7 Å². The number of ketones is 2. The Bertz CT molecular complexity index is 3250. The molecule has 0 aliphatic carbocycles. The van der Waals surface area contributed by atoms with Gasteiger partial charge in [0.05, 0.1) is 58.9 Å². The summed E-state index contributed by atoms with van der Waals surface area (Å²) in [5.74, 6) is -3.38. The SMILES string of the molecule is CC1(C)OB(c2cnco2)OC1(C)C.C[C@H](CC(=O)c1ccc2c(n1)N(C(=O)Nc1cc(-c3cnco3)ccn1)[C@H]1CCN2C1)C(F)(F)F.C[C@H](CC(=O)c1ccc2c(n1)N(C(=O)Nc1cc(Br)ccn1)[C@H]1CCN2C1)C(F)(F)F.S.S.S.S. The van der Waals surface area contributed by atoms with Crippen LogP contribution in [0.2, 0.25) is 0 Å². The number of nitrogens with one attached hydrogen (secondary N) is 2. The summed E-state index contributed by atoms with van der Waals surface area (Å²) in [5.41, 5.74) is 1.76. The minimum absolute atomic E-state index is 0. The van der Waals surface area contributed by atoms with Crippen molar-refractivity contribution in [3.63, 3.8) is 0 Å². The van der Waals surface area contributed by atoms with Crippen LogP contribution in [0.4, 0.5) is 70.6 Å². The van der Waals surface area contributed by atoms with Crippen LogP contribution in [0.5, 0.6) is 0 Å². The quantitative estimate of drug-likeness (QED) is 0.0738. The normalized spacial score (nSPS) is 18.3. The van der Waals surface area contributed by atoms with Gasteiger partial charge in [-0.15, -0.1) is 0 Å². The number of amides is 4. The van der Waals surface area contributed by atoms with Crippen molar-refractivity contribution in [1.29, 1.82) is 0 Å². The molecule has 0 spiro atoms. The second-order valence-corrected chi connectivity index (χ2v) is 21.7. The third kappa shape index (κ3) is 15.3. The zero-order chi connectivity index (χ0) is 57.5. The van der Waals surface area contributed by atoms with Gasteiger partial charge in [0.2, 0.25) is 0 Å². The highest BCUT2D eigenvalue weighted by atomic mass is 79.9. The summed E-state index contributed by atoms with van der Waals surface area (Å²) in [7, 11) is -0.442. The molecule has 0 aromatic carbocycles. The van der Waals surface area contributed by atoms with Crippen LogP contribution in [0.1, 0.15) is 88.2 Å². The average molecular weight is 1320 g/mol. The number of pyridine rings is 4. The average Bonchev–Trinajstić information content (AvgIpc) is 3.00. The van der Waals surface area contributed by atoms with Gasteiger partial charge in [-0.2, -0.15) is 80.3 Å². The molecule has 32 heteroatoms. The van der Waals surface area contributed by atoms with Gasteiger partial charge in [-0.1, -0.05) is 29.8 Å². The fourth-order valence-corrected chi connectivity index (χ4v) is 9.71. The fraction of sp³-hybridized carbons (Fsp3) is 0.423. The number of halogens is 7. The second-order valence-electron chi connectivity index (χ2n) is 20.7. The maximum absolute atomic E-state index is 13.4. The predicted octanol–water partition coefficient (Wildman–Crippen LogP) is 10.6. The molecule has 84 heavy (non-hydrogen) atoms. The number of oxazole rings is 2. The first-order valence-electron chi connectivity index (χ1n) is 25.4. The first-order valence-corrected chi connectivity index (χ1v) is 26.2. The number of hydrogen-bond acceptors (Lipinski definition) is 16. The van der Waals surface area contributed by atoms with E-state index in [1.807, 2.05) is 32.6 Å². The molecule has 11 heterocycles. The van der Waals surface area contributed by atoms with E-state index in [4.69, 9.17) is 18.1 Å². The number of anilines is 6. The van der Waals surface area contributed by atoms with Crippen molar-refractivity contribution in [3.05, 3.63) is 102 Å². The topological polar surface area (TPSA) is 227 Å². The van der Waals surface area contributed by atoms with Crippen LogP contribution in [-0.2, 0) is 9.31 Å². The van der Waals surface area contributed by atoms with Crippen molar-refractivity contribution < 1.29 is 63.7 Å². The molecule has 11 rings (SSSR count). The predicted molar refractivity (Wildman–Crippen MR) is 326 cm³/mol. The summed E-state index contributed by atoms with van der Waals surface area (Å²) in [5, 5.41) is 5.49. The van der Waals surface area contributed by atoms with Gasteiger partial charge in [-0.05, 0) is 89.1 Å². The molecule has 6 aromatic heterocycles. The number of rotatable bonds is 10. The Morgan fingerprint density at radius 1 is 0.667 bits per heavy atom. The zero-order valence-electron chi connectivity index (χ0n) is 46.0. The number of alkyl halides is 6. The molecule has 3 fully saturated rings. The van der Waals surface area contributed by atoms with Crippen molar-refractivity contribution in [2.75, 3.05) is 56.4 Å². The van der Waals surface area contributed by atoms with E-state index in [1.165, 1.54) is 53.3 Å². The lowest BCUT2D eigenvalue weighted by Gasteiger charge is -2.35. The number of Topliss-reactive ketones (excluding diaryl/α,β-unsaturated/α-hetero) is 2. The lowest BCUT2D eigenvalue weighted by Crippen LogP contribution is -2.48. The number of fused-ring (bicyclic) bond motifs is 8. The number of hydrogen-bond donors (Lipinski definition) is 2. The highest BCUT2D eigenvalue weighted by Gasteiger charge is 2.53. The van der Waals surface area contributed by atoms with Gasteiger partial charge < -0.3 is 27.9 Å². The van der Waals surface area contributed by atoms with Gasteiger partial charge in [0.25, 0.3) is 0 Å². The van der Waals surface area contributed by atoms with Crippen LogP contribution < -0.4 is 35.9 Å². The van der Waals surface area contributed by atoms with Crippen LogP contribution in [0.25, 0.3) is 11.3 Å². The van der Waals surface area contributed by atoms with Gasteiger partial charge >= 0.3 is 31.5 Å². The van der Waals surface area contributed by atoms with E-state index in [-0.39, 0.29) is 106 Å². The van der Waals surface area contributed by atoms with Crippen LogP contribution in [0.3, 0.4) is 0 Å². The molecular formula is C52H62BBrF6N12O8S4. The molecule has 3 saturated heterocycles. The molecule has 0 unspecified atom stereocenters. The van der Waals surface area contributed by atoms with Gasteiger partial charge in [-0.3, -0.25) is 30.0 Å². The maximum Gasteiger partial charge on any atom is 0.534 e. The van der Waals surface area contributed by atoms with Crippen LogP contribution in [0, 0.1) is 11.8 Å². The van der Waals surface area contributed by atoms with Gasteiger partial charge in [0.15, 0.2) is 47.4 Å². The molecule has 0 saturated carbocycles. The molecule has 4 amide bonds. The standard InChI is InChI=1S/C23H21F3N6O3.C20H19BrF3N5O2.C9H14BNO3.4H2S/c1-13(23(24,25)26)8-18(33)16-2-3-17-21(29-16)32(15-5-7-31(17)11-15)22(34)30-20-9-14(4-6-28-20)19-10-27-12-35-19;1-11(20(22,23)24)8-16(30)14-2-3-15-18(26-14)29(13-5-7-28(15)10-13)19(31)27-17-9-12(21)4-6-25-17;1-8(2)9(3,4)14-10(13-8)7-5-11-6-12-7;;;;/h2-4,6,9-10,12-13,15H,5,7-8,11H2,1H3,(H,28,30,34);2-4,6,9,11,13H,5,7-8,10H2,1H3,(H,25,27,31);5-6H,1-4H3;4*1H2/t13-,15+;11-,13+;;;;;/m11...../s1. The molecule has 4 atom stereocenters. The number of nitrogens with zero attached hydrogens (tertiary/aromatic N) is 10. The molecule has 4 bridgehead atoms. The summed E-state index contributed by atoms with van der Waals surface area (Å²) in [4.78, 5) is 83.2. The van der Waals surface area contributed by atoms with E-state index >= 15 is 0 Å². The summed E-state index contributed by atoms with van der Waals surface area (Å²) in [6.45, 7) is 12.6. The smallest absolute Gasteiger partial charge is 0.452 e. The molecule has 2 N–H and O–H groups in total. The van der Waals surface area contributed by atoms with E-state index in [9.17, 15) is 45.5 Å². The van der Waals surface area contributed by atoms with Gasteiger partial charge in [-0.25, -0.2) is 39.5 Å². The number of urea groups is 2. The first kappa shape index (κ1) is 68.7. The molecule has 5 aliphatic rings. The summed E-state index contributed by atoms with van der Waals surface area (Å²) >= 11 is 3.32. The van der Waals surface area contributed by atoms with Gasteiger partial charge in [0, 0.05) is 61.5 Å². The summed E-state index contributed by atoms with van der Waals surface area (Å²) < 4.78 is 100. The van der Waals surface area contributed by atoms with Crippen molar-refractivity contribution in [3.8, 4) is 11.3 Å². The maximum atomic E-state index is 13.4. The van der Waals surface area contributed by atoms with Crippen molar-refractivity contribution in [1.82, 2.24) is 29.9 Å². The number of carbonyl (C=O) groups excluding carboxylic acids is 4. The third-order valence-corrected chi connectivity index (χ3v) is 15.1. The largest absolute Gasteiger partial charge is 0.534 e. The Morgan fingerprint density at radius 3 is 1.55 bits per heavy atom. The van der Waals surface area contributed by atoms with Crippen molar-refractivity contribution in [2.45, 2.75) is 103 Å². The molecular weight excluding hydrogens is 1250 g/mol. The van der Waals surface area contributed by atoms with Crippen LogP contribution in [-0.4, -0.2) is 122 Å². The molecule has 6 aromatic rings. The van der Waals surface area contributed by atoms with Crippen LogP contribution >= 0.6 is 69.9 Å².